The van der Waals surface area contributed by atoms with Crippen LogP contribution in [0.5, 0.6) is 0 Å². The lowest BCUT2D eigenvalue weighted by atomic mass is 9.93. The van der Waals surface area contributed by atoms with Gasteiger partial charge in [0.15, 0.2) is 5.78 Å². The van der Waals surface area contributed by atoms with E-state index in [1.165, 1.54) is 0 Å². The van der Waals surface area contributed by atoms with E-state index < -0.39 is 0 Å². The predicted octanol–water partition coefficient (Wildman–Crippen LogP) is 1.42. The number of ether oxygens (including phenoxy) is 1. The predicted molar refractivity (Wildman–Crippen MR) is 55.7 cm³/mol. The lowest BCUT2D eigenvalue weighted by Gasteiger charge is -2.15. The highest BCUT2D eigenvalue weighted by Crippen LogP contribution is 2.26. The highest BCUT2D eigenvalue weighted by molar-refractivity contribution is 5.96. The molecule has 1 saturated heterocycles. The molecule has 0 saturated carbocycles. The van der Waals surface area contributed by atoms with Gasteiger partial charge in [0.25, 0.3) is 0 Å². The van der Waals surface area contributed by atoms with Crippen molar-refractivity contribution in [3.8, 4) is 0 Å². The number of nitrogens with zero attached hydrogens (tertiary/aromatic N) is 2. The quantitative estimate of drug-likeness (QED) is 0.705. The van der Waals surface area contributed by atoms with Crippen molar-refractivity contribution in [2.45, 2.75) is 25.9 Å². The van der Waals surface area contributed by atoms with E-state index in [-0.39, 0.29) is 17.8 Å². The van der Waals surface area contributed by atoms with E-state index in [1.54, 1.807) is 24.0 Å². The third-order valence-electron chi connectivity index (χ3n) is 3.02. The fourth-order valence-electron chi connectivity index (χ4n) is 2.16. The lowest BCUT2D eigenvalue weighted by Crippen LogP contribution is -2.25. The summed E-state index contributed by atoms with van der Waals surface area (Å²) in [5.41, 5.74) is 0.684. The summed E-state index contributed by atoms with van der Waals surface area (Å²) in [6.45, 7) is 2.76. The van der Waals surface area contributed by atoms with Crippen LogP contribution in [0.3, 0.4) is 0 Å². The van der Waals surface area contributed by atoms with Gasteiger partial charge in [0.05, 0.1) is 12.0 Å². The number of carbonyl (C=O) groups excluding carboxylic acids is 1. The maximum atomic E-state index is 12.2. The Labute approximate surface area is 89.2 Å². The molecule has 15 heavy (non-hydrogen) atoms. The number of aromatic nitrogens is 2. The molecule has 1 fully saturated rings. The number of aryl methyl sites for hydroxylation is 1. The summed E-state index contributed by atoms with van der Waals surface area (Å²) in [6, 6.07) is 1.77. The van der Waals surface area contributed by atoms with Crippen molar-refractivity contribution in [1.29, 1.82) is 0 Å². The van der Waals surface area contributed by atoms with Gasteiger partial charge in [0, 0.05) is 19.9 Å². The second-order valence-corrected chi connectivity index (χ2v) is 3.92. The van der Waals surface area contributed by atoms with Gasteiger partial charge in [-0.05, 0) is 18.9 Å². The van der Waals surface area contributed by atoms with Crippen molar-refractivity contribution in [3.05, 3.63) is 18.0 Å². The van der Waals surface area contributed by atoms with E-state index in [0.29, 0.717) is 12.3 Å². The Kier molecular flexibility index (Phi) is 2.86. The van der Waals surface area contributed by atoms with Gasteiger partial charge in [-0.25, -0.2) is 0 Å². The molecule has 82 valence electrons. The maximum absolute atomic E-state index is 12.2. The summed E-state index contributed by atoms with van der Waals surface area (Å²) in [6.07, 6.45) is 3.48. The molecule has 0 N–H and O–H groups in total. The van der Waals surface area contributed by atoms with Gasteiger partial charge >= 0.3 is 0 Å². The maximum Gasteiger partial charge on any atom is 0.186 e. The van der Waals surface area contributed by atoms with Crippen molar-refractivity contribution in [2.24, 2.45) is 13.0 Å². The molecule has 2 unspecified atom stereocenters. The molecule has 0 aromatic carbocycles. The third kappa shape index (κ3) is 1.81. The Balaban J connectivity index is 2.18. The van der Waals surface area contributed by atoms with Crippen molar-refractivity contribution in [2.75, 3.05) is 6.61 Å². The van der Waals surface area contributed by atoms with Crippen molar-refractivity contribution in [1.82, 2.24) is 9.78 Å². The standard InChI is InChI=1S/C11H16N2O2/c1-3-10-8(5-7-15-10)11(14)9-4-6-12-13(9)2/h4,6,8,10H,3,5,7H2,1-2H3. The van der Waals surface area contributed by atoms with Crippen LogP contribution in [0.1, 0.15) is 30.3 Å². The molecule has 1 aliphatic rings. The van der Waals surface area contributed by atoms with Gasteiger partial charge in [0.2, 0.25) is 0 Å². The molecule has 0 bridgehead atoms. The first-order chi connectivity index (χ1) is 7.24. The van der Waals surface area contributed by atoms with Crippen LogP contribution in [-0.2, 0) is 11.8 Å². The number of rotatable bonds is 3. The van der Waals surface area contributed by atoms with Gasteiger partial charge in [0.1, 0.15) is 5.69 Å². The second-order valence-electron chi connectivity index (χ2n) is 3.92. The minimum absolute atomic E-state index is 0.0189. The molecule has 4 heteroatoms. The SMILES string of the molecule is CCC1OCCC1C(=O)c1ccnn1C. The molecule has 0 spiro atoms. The molecule has 0 radical (unpaired) electrons. The van der Waals surface area contributed by atoms with Crippen LogP contribution in [0.2, 0.25) is 0 Å². The molecule has 2 atom stereocenters. The Morgan fingerprint density at radius 3 is 3.13 bits per heavy atom. The minimum atomic E-state index is 0.0189. The summed E-state index contributed by atoms with van der Waals surface area (Å²) in [4.78, 5) is 12.2. The minimum Gasteiger partial charge on any atom is -0.377 e. The van der Waals surface area contributed by atoms with E-state index in [0.717, 1.165) is 12.8 Å². The summed E-state index contributed by atoms with van der Waals surface area (Å²) < 4.78 is 7.16. The smallest absolute Gasteiger partial charge is 0.186 e. The first-order valence-corrected chi connectivity index (χ1v) is 5.38. The van der Waals surface area contributed by atoms with E-state index in [1.807, 2.05) is 0 Å². The second kappa shape index (κ2) is 4.14. The Bertz CT molecular complexity index is 359. The summed E-state index contributed by atoms with van der Waals surface area (Å²) in [7, 11) is 1.80. The zero-order valence-electron chi connectivity index (χ0n) is 9.14. The highest BCUT2D eigenvalue weighted by atomic mass is 16.5. The number of carbonyl (C=O) groups is 1. The van der Waals surface area contributed by atoms with Crippen LogP contribution in [0.25, 0.3) is 0 Å². The number of Topliss-reactive ketones (excluding diaryl/α,β-unsaturated/α-hetero) is 1. The first kappa shape index (κ1) is 10.4. The average Bonchev–Trinajstić information content (AvgIpc) is 2.84. The zero-order valence-corrected chi connectivity index (χ0v) is 9.14. The van der Waals surface area contributed by atoms with Gasteiger partial charge in [-0.3, -0.25) is 9.48 Å². The molecule has 0 aliphatic carbocycles. The Morgan fingerprint density at radius 2 is 2.53 bits per heavy atom. The van der Waals surface area contributed by atoms with Crippen LogP contribution in [0.4, 0.5) is 0 Å². The monoisotopic (exact) mass is 208 g/mol. The highest BCUT2D eigenvalue weighted by Gasteiger charge is 2.34. The fraction of sp³-hybridized carbons (Fsp3) is 0.636. The largest absolute Gasteiger partial charge is 0.377 e. The van der Waals surface area contributed by atoms with Crippen molar-refractivity contribution in [3.63, 3.8) is 0 Å². The van der Waals surface area contributed by atoms with Crippen LogP contribution in [0.15, 0.2) is 12.3 Å². The molecule has 2 rings (SSSR count). The van der Waals surface area contributed by atoms with Gasteiger partial charge in [-0.15, -0.1) is 0 Å². The van der Waals surface area contributed by atoms with Crippen LogP contribution in [-0.4, -0.2) is 28.3 Å². The zero-order chi connectivity index (χ0) is 10.8. The van der Waals surface area contributed by atoms with Crippen molar-refractivity contribution >= 4 is 5.78 Å². The molecular formula is C11H16N2O2. The van der Waals surface area contributed by atoms with Gasteiger partial charge < -0.3 is 4.74 Å². The molecular weight excluding hydrogens is 192 g/mol. The van der Waals surface area contributed by atoms with Crippen LogP contribution < -0.4 is 0 Å². The molecule has 0 amide bonds. The summed E-state index contributed by atoms with van der Waals surface area (Å²) >= 11 is 0. The Morgan fingerprint density at radius 1 is 1.73 bits per heavy atom. The number of hydrogen-bond acceptors (Lipinski definition) is 3. The number of ketones is 1. The van der Waals surface area contributed by atoms with E-state index in [4.69, 9.17) is 4.74 Å². The topological polar surface area (TPSA) is 44.1 Å². The van der Waals surface area contributed by atoms with Crippen molar-refractivity contribution < 1.29 is 9.53 Å². The normalized spacial score (nSPS) is 25.7. The molecule has 1 aromatic heterocycles. The van der Waals surface area contributed by atoms with E-state index >= 15 is 0 Å². The average molecular weight is 208 g/mol. The van der Waals surface area contributed by atoms with Gasteiger partial charge in [-0.1, -0.05) is 6.92 Å². The Hall–Kier alpha value is -1.16. The molecule has 1 aromatic rings. The number of hydrogen-bond donors (Lipinski definition) is 0. The first-order valence-electron chi connectivity index (χ1n) is 5.38. The summed E-state index contributed by atoms with van der Waals surface area (Å²) in [5, 5.41) is 4.01. The van der Waals surface area contributed by atoms with Crippen LogP contribution in [0, 0.1) is 5.92 Å². The summed E-state index contributed by atoms with van der Waals surface area (Å²) in [5.74, 6) is 0.185. The van der Waals surface area contributed by atoms with E-state index in [2.05, 4.69) is 12.0 Å². The van der Waals surface area contributed by atoms with E-state index in [9.17, 15) is 4.79 Å². The lowest BCUT2D eigenvalue weighted by molar-refractivity contribution is 0.0682. The molecule has 2 heterocycles. The molecule has 4 nitrogen and oxygen atoms in total. The van der Waals surface area contributed by atoms with Crippen LogP contribution >= 0.6 is 0 Å². The van der Waals surface area contributed by atoms with Gasteiger partial charge in [-0.2, -0.15) is 5.10 Å². The fourth-order valence-corrected chi connectivity index (χ4v) is 2.16. The molecule has 1 aliphatic heterocycles. The third-order valence-corrected chi connectivity index (χ3v) is 3.02.